The van der Waals surface area contributed by atoms with E-state index in [-0.39, 0.29) is 29.2 Å². The van der Waals surface area contributed by atoms with E-state index in [0.29, 0.717) is 16.6 Å². The fourth-order valence-electron chi connectivity index (χ4n) is 3.59. The molecule has 0 aliphatic rings. The number of nitrogens with zero attached hydrogens (tertiary/aromatic N) is 1. The Labute approximate surface area is 192 Å². The van der Waals surface area contributed by atoms with Crippen LogP contribution < -0.4 is 10.1 Å². The summed E-state index contributed by atoms with van der Waals surface area (Å²) >= 11 is 0. The monoisotopic (exact) mass is 469 g/mol. The van der Waals surface area contributed by atoms with Crippen LogP contribution in [-0.4, -0.2) is 23.2 Å². The lowest BCUT2D eigenvalue weighted by Crippen LogP contribution is -2.25. The Bertz CT molecular complexity index is 1360. The first-order chi connectivity index (χ1) is 16.3. The Kier molecular flexibility index (Phi) is 6.36. The second-order valence-corrected chi connectivity index (χ2v) is 7.40. The van der Waals surface area contributed by atoms with E-state index in [0.717, 1.165) is 11.6 Å². The standard InChI is InChI=1S/C25H19F4N3O2/c1-34-23-18(24(33)30-14-16-4-2-3-5-19(16)25(27,28)29)11-13-21-22(23)20(31-32-21)12-8-15-6-9-17(26)10-7-15/h2-13H,14H2,1H3,(H,30,33)(H,31,32)/b12-8+. The Morgan fingerprint density at radius 1 is 1.06 bits per heavy atom. The molecule has 0 aliphatic carbocycles. The molecule has 1 heterocycles. The molecule has 0 aliphatic heterocycles. The maximum absolute atomic E-state index is 13.2. The van der Waals surface area contributed by atoms with Crippen molar-refractivity contribution in [2.45, 2.75) is 12.7 Å². The van der Waals surface area contributed by atoms with E-state index >= 15 is 0 Å². The van der Waals surface area contributed by atoms with Crippen LogP contribution in [-0.2, 0) is 12.7 Å². The number of ether oxygens (including phenoxy) is 1. The van der Waals surface area contributed by atoms with Gasteiger partial charge in [0.25, 0.3) is 5.91 Å². The second kappa shape index (κ2) is 9.38. The molecule has 4 rings (SSSR count). The van der Waals surface area contributed by atoms with Crippen molar-refractivity contribution in [2.75, 3.05) is 7.11 Å². The van der Waals surface area contributed by atoms with Gasteiger partial charge in [0.15, 0.2) is 0 Å². The van der Waals surface area contributed by atoms with E-state index in [9.17, 15) is 22.4 Å². The number of H-pyrrole nitrogens is 1. The quantitative estimate of drug-likeness (QED) is 0.349. The summed E-state index contributed by atoms with van der Waals surface area (Å²) in [4.78, 5) is 12.9. The number of halogens is 4. The average molecular weight is 469 g/mol. The molecular formula is C25H19F4N3O2. The van der Waals surface area contributed by atoms with Gasteiger partial charge in [-0.05, 0) is 47.5 Å². The number of nitrogens with one attached hydrogen (secondary N) is 2. The number of amides is 1. The summed E-state index contributed by atoms with van der Waals surface area (Å²) in [5.74, 6) is -0.713. The highest BCUT2D eigenvalue weighted by molar-refractivity contribution is 6.05. The van der Waals surface area contributed by atoms with Gasteiger partial charge in [-0.1, -0.05) is 36.4 Å². The largest absolute Gasteiger partial charge is 0.495 e. The normalized spacial score (nSPS) is 11.8. The summed E-state index contributed by atoms with van der Waals surface area (Å²) in [5.41, 5.74) is 1.13. The van der Waals surface area contributed by atoms with Crippen molar-refractivity contribution in [1.29, 1.82) is 0 Å². The van der Waals surface area contributed by atoms with E-state index < -0.39 is 17.6 Å². The van der Waals surface area contributed by atoms with E-state index in [1.54, 1.807) is 30.4 Å². The van der Waals surface area contributed by atoms with E-state index in [2.05, 4.69) is 15.5 Å². The molecule has 0 atom stereocenters. The highest BCUT2D eigenvalue weighted by Gasteiger charge is 2.33. The maximum Gasteiger partial charge on any atom is 0.416 e. The van der Waals surface area contributed by atoms with Crippen molar-refractivity contribution in [2.24, 2.45) is 0 Å². The number of rotatable bonds is 6. The molecule has 0 spiro atoms. The molecule has 3 aromatic carbocycles. The smallest absolute Gasteiger partial charge is 0.416 e. The molecule has 0 radical (unpaired) electrons. The van der Waals surface area contributed by atoms with Crippen molar-refractivity contribution in [1.82, 2.24) is 15.5 Å². The van der Waals surface area contributed by atoms with Crippen LogP contribution in [0.5, 0.6) is 5.75 Å². The van der Waals surface area contributed by atoms with Gasteiger partial charge >= 0.3 is 6.18 Å². The van der Waals surface area contributed by atoms with Crippen molar-refractivity contribution < 1.29 is 27.1 Å². The molecular weight excluding hydrogens is 450 g/mol. The number of hydrogen-bond donors (Lipinski definition) is 2. The molecule has 34 heavy (non-hydrogen) atoms. The molecule has 0 fully saturated rings. The number of carbonyl (C=O) groups is 1. The summed E-state index contributed by atoms with van der Waals surface area (Å²) in [7, 11) is 1.39. The average Bonchev–Trinajstić information content (AvgIpc) is 3.24. The number of alkyl halides is 3. The number of methoxy groups -OCH3 is 1. The lowest BCUT2D eigenvalue weighted by molar-refractivity contribution is -0.138. The van der Waals surface area contributed by atoms with Crippen molar-refractivity contribution in [3.8, 4) is 5.75 Å². The van der Waals surface area contributed by atoms with Gasteiger partial charge in [0.05, 0.1) is 34.8 Å². The molecule has 4 aromatic rings. The fourth-order valence-corrected chi connectivity index (χ4v) is 3.59. The molecule has 9 heteroatoms. The van der Waals surface area contributed by atoms with Crippen LogP contribution in [0, 0.1) is 5.82 Å². The molecule has 0 saturated carbocycles. The zero-order chi connectivity index (χ0) is 24.3. The van der Waals surface area contributed by atoms with Crippen molar-refractivity contribution in [3.05, 3.63) is 94.4 Å². The number of aromatic nitrogens is 2. The Morgan fingerprint density at radius 3 is 2.50 bits per heavy atom. The van der Waals surface area contributed by atoms with E-state index in [1.165, 1.54) is 43.5 Å². The molecule has 5 nitrogen and oxygen atoms in total. The lowest BCUT2D eigenvalue weighted by Gasteiger charge is -2.14. The summed E-state index contributed by atoms with van der Waals surface area (Å²) in [6.07, 6.45) is -1.11. The van der Waals surface area contributed by atoms with Gasteiger partial charge in [0, 0.05) is 6.54 Å². The molecule has 1 aromatic heterocycles. The van der Waals surface area contributed by atoms with Gasteiger partial charge < -0.3 is 10.1 Å². The number of aromatic amines is 1. The van der Waals surface area contributed by atoms with Crippen molar-refractivity contribution >= 4 is 29.0 Å². The van der Waals surface area contributed by atoms with Gasteiger partial charge in [-0.15, -0.1) is 0 Å². The Hall–Kier alpha value is -4.14. The number of hydrogen-bond acceptors (Lipinski definition) is 3. The molecule has 174 valence electrons. The van der Waals surface area contributed by atoms with Gasteiger partial charge in [-0.2, -0.15) is 18.3 Å². The summed E-state index contributed by atoms with van der Waals surface area (Å²) in [6.45, 7) is -0.307. The molecule has 0 bridgehead atoms. The zero-order valence-corrected chi connectivity index (χ0v) is 17.9. The minimum Gasteiger partial charge on any atom is -0.495 e. The predicted octanol–water partition coefficient (Wildman–Crippen LogP) is 5.83. The lowest BCUT2D eigenvalue weighted by atomic mass is 10.1. The predicted molar refractivity (Wildman–Crippen MR) is 121 cm³/mol. The van der Waals surface area contributed by atoms with E-state index in [1.807, 2.05) is 0 Å². The van der Waals surface area contributed by atoms with Gasteiger partial charge in [0.1, 0.15) is 11.6 Å². The minimum absolute atomic E-state index is 0.0466. The number of fused-ring (bicyclic) bond motifs is 1. The topological polar surface area (TPSA) is 67.0 Å². The highest BCUT2D eigenvalue weighted by atomic mass is 19.4. The summed E-state index contributed by atoms with van der Waals surface area (Å²) < 4.78 is 58.4. The number of benzene rings is 3. The molecule has 0 unspecified atom stereocenters. The highest BCUT2D eigenvalue weighted by Crippen LogP contribution is 2.33. The number of carbonyl (C=O) groups excluding carboxylic acids is 1. The zero-order valence-electron chi connectivity index (χ0n) is 17.9. The summed E-state index contributed by atoms with van der Waals surface area (Å²) in [6, 6.07) is 14.1. The van der Waals surface area contributed by atoms with Gasteiger partial charge in [-0.3, -0.25) is 9.89 Å². The SMILES string of the molecule is COc1c(C(=O)NCc2ccccc2C(F)(F)F)ccc2[nH]nc(/C=C/c3ccc(F)cc3)c12. The third kappa shape index (κ3) is 4.78. The van der Waals surface area contributed by atoms with Crippen LogP contribution in [0.3, 0.4) is 0 Å². The van der Waals surface area contributed by atoms with Gasteiger partial charge in [-0.25, -0.2) is 4.39 Å². The van der Waals surface area contributed by atoms with E-state index in [4.69, 9.17) is 4.74 Å². The third-order valence-corrected chi connectivity index (χ3v) is 5.23. The molecule has 2 N–H and O–H groups in total. The van der Waals surface area contributed by atoms with Gasteiger partial charge in [0.2, 0.25) is 0 Å². The first-order valence-electron chi connectivity index (χ1n) is 10.2. The van der Waals surface area contributed by atoms with Crippen LogP contribution in [0.2, 0.25) is 0 Å². The van der Waals surface area contributed by atoms with Crippen LogP contribution >= 0.6 is 0 Å². The van der Waals surface area contributed by atoms with Crippen LogP contribution in [0.4, 0.5) is 17.6 Å². The molecule has 1 amide bonds. The Balaban J connectivity index is 1.63. The van der Waals surface area contributed by atoms with Crippen LogP contribution in [0.1, 0.15) is 32.7 Å². The third-order valence-electron chi connectivity index (χ3n) is 5.23. The van der Waals surface area contributed by atoms with Crippen LogP contribution in [0.25, 0.3) is 23.1 Å². The van der Waals surface area contributed by atoms with Crippen LogP contribution in [0.15, 0.2) is 60.7 Å². The maximum atomic E-state index is 13.2. The first kappa shape index (κ1) is 23.0. The first-order valence-corrected chi connectivity index (χ1v) is 10.2. The summed E-state index contributed by atoms with van der Waals surface area (Å²) in [5, 5.41) is 10.2. The Morgan fingerprint density at radius 2 is 1.79 bits per heavy atom. The second-order valence-electron chi connectivity index (χ2n) is 7.40. The van der Waals surface area contributed by atoms with Crippen molar-refractivity contribution in [3.63, 3.8) is 0 Å². The fraction of sp³-hybridized carbons (Fsp3) is 0.120. The molecule has 0 saturated heterocycles. The minimum atomic E-state index is -4.53.